The maximum atomic E-state index is 12.9. The lowest BCUT2D eigenvalue weighted by molar-refractivity contribution is -0.274. The van der Waals surface area contributed by atoms with Crippen molar-refractivity contribution in [2.24, 2.45) is 0 Å². The Labute approximate surface area is 181 Å². The minimum atomic E-state index is -4.75. The molecule has 4 aromatic rings. The Bertz CT molecular complexity index is 1390. The summed E-state index contributed by atoms with van der Waals surface area (Å²) < 4.78 is 48.8. The first-order valence-corrected chi connectivity index (χ1v) is 10.1. The van der Waals surface area contributed by atoms with Crippen molar-refractivity contribution in [3.05, 3.63) is 82.0 Å². The number of ether oxygens (including phenoxy) is 1. The van der Waals surface area contributed by atoms with Crippen LogP contribution in [0.4, 0.5) is 13.2 Å². The van der Waals surface area contributed by atoms with Crippen molar-refractivity contribution in [1.29, 1.82) is 0 Å². The summed E-state index contributed by atoms with van der Waals surface area (Å²) in [5.41, 5.74) is 4.17. The van der Waals surface area contributed by atoms with Crippen molar-refractivity contribution in [3.8, 4) is 22.6 Å². The molecule has 0 radical (unpaired) electrons. The molecule has 1 aliphatic rings. The molecule has 1 aliphatic heterocycles. The van der Waals surface area contributed by atoms with E-state index in [1.54, 1.807) is 19.2 Å². The molecule has 0 aliphatic carbocycles. The molecule has 8 heteroatoms. The summed E-state index contributed by atoms with van der Waals surface area (Å²) in [5.74, 6) is 0.684. The fraction of sp³-hybridized carbons (Fsp3) is 0.208. The van der Waals surface area contributed by atoms with Crippen LogP contribution in [0.5, 0.6) is 5.75 Å². The van der Waals surface area contributed by atoms with Gasteiger partial charge in [0, 0.05) is 48.8 Å². The van der Waals surface area contributed by atoms with Crippen LogP contribution in [0.15, 0.2) is 63.9 Å². The summed E-state index contributed by atoms with van der Waals surface area (Å²) >= 11 is 0. The summed E-state index contributed by atoms with van der Waals surface area (Å²) in [5, 5.41) is 4.38. The third kappa shape index (κ3) is 3.78. The standard InChI is InChI=1S/C24H19F3N2O3/c1-14-10-17(32-24(25,26)27)3-5-18(14)15-7-9-29(23(30)11-15)16-2-4-19-20-13-28-8-6-21(20)31-22(19)12-16/h2-5,7,9-12,28H,6,8,13H2,1H3. The van der Waals surface area contributed by atoms with E-state index in [1.165, 1.54) is 28.8 Å². The molecule has 0 saturated heterocycles. The van der Waals surface area contributed by atoms with Crippen LogP contribution >= 0.6 is 0 Å². The van der Waals surface area contributed by atoms with Gasteiger partial charge < -0.3 is 14.5 Å². The van der Waals surface area contributed by atoms with Gasteiger partial charge in [0.1, 0.15) is 17.1 Å². The Morgan fingerprint density at radius 3 is 2.69 bits per heavy atom. The predicted molar refractivity (Wildman–Crippen MR) is 114 cm³/mol. The van der Waals surface area contributed by atoms with Crippen LogP contribution in [-0.4, -0.2) is 17.5 Å². The zero-order valence-corrected chi connectivity index (χ0v) is 17.1. The molecule has 0 fully saturated rings. The van der Waals surface area contributed by atoms with Gasteiger partial charge in [-0.05, 0) is 53.9 Å². The highest BCUT2D eigenvalue weighted by atomic mass is 19.4. The van der Waals surface area contributed by atoms with Crippen molar-refractivity contribution in [2.45, 2.75) is 26.3 Å². The minimum absolute atomic E-state index is 0.255. The number of furan rings is 1. The summed E-state index contributed by atoms with van der Waals surface area (Å²) in [7, 11) is 0. The van der Waals surface area contributed by atoms with Crippen molar-refractivity contribution < 1.29 is 22.3 Å². The van der Waals surface area contributed by atoms with Gasteiger partial charge in [-0.3, -0.25) is 9.36 Å². The van der Waals surface area contributed by atoms with Crippen LogP contribution in [0.2, 0.25) is 0 Å². The molecule has 164 valence electrons. The molecule has 0 saturated carbocycles. The lowest BCUT2D eigenvalue weighted by Crippen LogP contribution is -2.22. The largest absolute Gasteiger partial charge is 0.573 e. The second-order valence-corrected chi connectivity index (χ2v) is 7.76. The quantitative estimate of drug-likeness (QED) is 0.482. The van der Waals surface area contributed by atoms with Crippen LogP contribution in [0, 0.1) is 6.92 Å². The highest BCUT2D eigenvalue weighted by Gasteiger charge is 2.31. The first-order valence-electron chi connectivity index (χ1n) is 10.1. The van der Waals surface area contributed by atoms with Gasteiger partial charge in [-0.25, -0.2) is 0 Å². The molecule has 1 N–H and O–H groups in total. The Morgan fingerprint density at radius 2 is 1.94 bits per heavy atom. The van der Waals surface area contributed by atoms with Gasteiger partial charge in [-0.15, -0.1) is 13.2 Å². The number of pyridine rings is 1. The van der Waals surface area contributed by atoms with Gasteiger partial charge >= 0.3 is 6.36 Å². The minimum Gasteiger partial charge on any atom is -0.461 e. The first-order chi connectivity index (χ1) is 15.3. The number of rotatable bonds is 3. The number of aryl methyl sites for hydroxylation is 1. The number of nitrogens with one attached hydrogen (secondary N) is 1. The van der Waals surface area contributed by atoms with Crippen LogP contribution in [0.25, 0.3) is 27.8 Å². The summed E-state index contributed by atoms with van der Waals surface area (Å²) in [6.07, 6.45) is -2.26. The van der Waals surface area contributed by atoms with Gasteiger partial charge in [-0.1, -0.05) is 6.07 Å². The monoisotopic (exact) mass is 440 g/mol. The van der Waals surface area contributed by atoms with Crippen LogP contribution in [-0.2, 0) is 13.0 Å². The van der Waals surface area contributed by atoms with Crippen molar-refractivity contribution in [2.75, 3.05) is 6.54 Å². The van der Waals surface area contributed by atoms with E-state index in [2.05, 4.69) is 10.1 Å². The van der Waals surface area contributed by atoms with E-state index < -0.39 is 6.36 Å². The predicted octanol–water partition coefficient (Wildman–Crippen LogP) is 5.10. The molecule has 2 aromatic heterocycles. The molecule has 5 nitrogen and oxygen atoms in total. The van der Waals surface area contributed by atoms with Crippen molar-refractivity contribution >= 4 is 11.0 Å². The summed E-state index contributed by atoms with van der Waals surface area (Å²) in [4.78, 5) is 12.9. The van der Waals surface area contributed by atoms with Gasteiger partial charge in [0.25, 0.3) is 5.56 Å². The van der Waals surface area contributed by atoms with E-state index in [-0.39, 0.29) is 11.3 Å². The van der Waals surface area contributed by atoms with E-state index in [1.807, 2.05) is 18.2 Å². The topological polar surface area (TPSA) is 56.4 Å². The zero-order chi connectivity index (χ0) is 22.5. The number of aromatic nitrogens is 1. The fourth-order valence-electron chi connectivity index (χ4n) is 4.17. The number of hydrogen-bond donors (Lipinski definition) is 1. The maximum Gasteiger partial charge on any atom is 0.573 e. The second-order valence-electron chi connectivity index (χ2n) is 7.76. The normalized spacial score (nSPS) is 13.9. The van der Waals surface area contributed by atoms with E-state index in [0.29, 0.717) is 22.4 Å². The van der Waals surface area contributed by atoms with E-state index in [0.717, 1.165) is 41.8 Å². The lowest BCUT2D eigenvalue weighted by atomic mass is 10.0. The highest BCUT2D eigenvalue weighted by molar-refractivity contribution is 5.84. The first kappa shape index (κ1) is 20.4. The van der Waals surface area contributed by atoms with Crippen LogP contribution in [0.3, 0.4) is 0 Å². The number of fused-ring (bicyclic) bond motifs is 3. The fourth-order valence-corrected chi connectivity index (χ4v) is 4.17. The smallest absolute Gasteiger partial charge is 0.461 e. The third-order valence-corrected chi connectivity index (χ3v) is 5.63. The number of hydrogen-bond acceptors (Lipinski definition) is 4. The molecule has 0 amide bonds. The molecule has 2 aromatic carbocycles. The second kappa shape index (κ2) is 7.56. The third-order valence-electron chi connectivity index (χ3n) is 5.63. The maximum absolute atomic E-state index is 12.9. The lowest BCUT2D eigenvalue weighted by Gasteiger charge is -2.13. The van der Waals surface area contributed by atoms with Gasteiger partial charge in [-0.2, -0.15) is 0 Å². The average Bonchev–Trinajstić information content (AvgIpc) is 3.10. The average molecular weight is 440 g/mol. The zero-order valence-electron chi connectivity index (χ0n) is 17.1. The highest BCUT2D eigenvalue weighted by Crippen LogP contribution is 2.31. The van der Waals surface area contributed by atoms with E-state index in [4.69, 9.17) is 4.42 Å². The van der Waals surface area contributed by atoms with Gasteiger partial charge in [0.15, 0.2) is 0 Å². The van der Waals surface area contributed by atoms with Gasteiger partial charge in [0.2, 0.25) is 0 Å². The van der Waals surface area contributed by atoms with E-state index >= 15 is 0 Å². The molecule has 0 unspecified atom stereocenters. The van der Waals surface area contributed by atoms with Crippen LogP contribution < -0.4 is 15.6 Å². The molecule has 32 heavy (non-hydrogen) atoms. The number of benzene rings is 2. The molecule has 3 heterocycles. The molecular formula is C24H19F3N2O3. The Balaban J connectivity index is 1.48. The summed E-state index contributed by atoms with van der Waals surface area (Å²) in [6, 6.07) is 13.0. The number of nitrogens with zero attached hydrogens (tertiary/aromatic N) is 1. The van der Waals surface area contributed by atoms with Crippen LogP contribution in [0.1, 0.15) is 16.9 Å². The Kier molecular flexibility index (Phi) is 4.82. The Morgan fingerprint density at radius 1 is 1.09 bits per heavy atom. The molecular weight excluding hydrogens is 421 g/mol. The molecule has 0 atom stereocenters. The SMILES string of the molecule is Cc1cc(OC(F)(F)F)ccc1-c1ccn(-c2ccc3c4c(oc3c2)CCNC4)c(=O)c1. The van der Waals surface area contributed by atoms with Crippen molar-refractivity contribution in [3.63, 3.8) is 0 Å². The number of halogens is 3. The number of alkyl halides is 3. The molecule has 0 spiro atoms. The van der Waals surface area contributed by atoms with Crippen molar-refractivity contribution in [1.82, 2.24) is 9.88 Å². The summed E-state index contributed by atoms with van der Waals surface area (Å²) in [6.45, 7) is 3.32. The van der Waals surface area contributed by atoms with Gasteiger partial charge in [0.05, 0.1) is 5.69 Å². The molecule has 5 rings (SSSR count). The Hall–Kier alpha value is -3.52. The van der Waals surface area contributed by atoms with E-state index in [9.17, 15) is 18.0 Å². The molecule has 0 bridgehead atoms.